The van der Waals surface area contributed by atoms with Gasteiger partial charge in [0.2, 0.25) is 11.7 Å². The maximum absolute atomic E-state index is 14.0. The van der Waals surface area contributed by atoms with Gasteiger partial charge in [-0.1, -0.05) is 55.7 Å². The van der Waals surface area contributed by atoms with E-state index in [0.717, 1.165) is 30.6 Å². The summed E-state index contributed by atoms with van der Waals surface area (Å²) in [5.41, 5.74) is 1.30. The van der Waals surface area contributed by atoms with Crippen LogP contribution in [0.25, 0.3) is 10.7 Å². The van der Waals surface area contributed by atoms with Gasteiger partial charge in [-0.3, -0.25) is 14.5 Å². The molecule has 10 heteroatoms. The van der Waals surface area contributed by atoms with E-state index in [-0.39, 0.29) is 24.4 Å². The number of carbonyl (C=O) groups is 2. The number of anilines is 1. The third-order valence-corrected chi connectivity index (χ3v) is 7.60. The van der Waals surface area contributed by atoms with Crippen molar-refractivity contribution in [1.82, 2.24) is 25.5 Å². The molecular weight excluding hydrogens is 512 g/mol. The molecule has 2 heterocycles. The van der Waals surface area contributed by atoms with Crippen LogP contribution in [0.1, 0.15) is 50.6 Å². The summed E-state index contributed by atoms with van der Waals surface area (Å²) in [6.07, 6.45) is 5.24. The Morgan fingerprint density at radius 1 is 1.05 bits per heavy atom. The van der Waals surface area contributed by atoms with Crippen LogP contribution in [0.4, 0.5) is 5.69 Å². The van der Waals surface area contributed by atoms with Gasteiger partial charge in [0.25, 0.3) is 5.91 Å². The molecule has 2 aromatic carbocycles. The van der Waals surface area contributed by atoms with Crippen molar-refractivity contribution in [2.24, 2.45) is 0 Å². The molecule has 1 unspecified atom stereocenters. The van der Waals surface area contributed by atoms with Gasteiger partial charge in [0.1, 0.15) is 18.3 Å². The number of hydrogen-bond donors (Lipinski definition) is 1. The minimum absolute atomic E-state index is 0.0921. The van der Waals surface area contributed by atoms with Gasteiger partial charge in [0.05, 0.1) is 11.5 Å². The van der Waals surface area contributed by atoms with Gasteiger partial charge >= 0.3 is 0 Å². The molecule has 5 rings (SSSR count). The lowest BCUT2D eigenvalue weighted by Crippen LogP contribution is -2.48. The molecule has 0 aliphatic heterocycles. The van der Waals surface area contributed by atoms with Crippen molar-refractivity contribution >= 4 is 28.8 Å². The molecule has 0 spiro atoms. The number of para-hydroxylation sites is 1. The average molecular weight is 545 g/mol. The van der Waals surface area contributed by atoms with Crippen molar-refractivity contribution in [2.45, 2.75) is 57.7 Å². The van der Waals surface area contributed by atoms with Crippen LogP contribution in [0.5, 0.6) is 5.75 Å². The molecule has 9 nitrogen and oxygen atoms in total. The van der Waals surface area contributed by atoms with E-state index in [1.165, 1.54) is 22.6 Å². The van der Waals surface area contributed by atoms with Crippen LogP contribution in [0.15, 0.2) is 72.1 Å². The van der Waals surface area contributed by atoms with Gasteiger partial charge < -0.3 is 10.1 Å². The summed E-state index contributed by atoms with van der Waals surface area (Å²) in [6, 6.07) is 19.6. The van der Waals surface area contributed by atoms with Crippen molar-refractivity contribution in [2.75, 3.05) is 11.5 Å². The Bertz CT molecular complexity index is 1350. The van der Waals surface area contributed by atoms with Gasteiger partial charge in [-0.2, -0.15) is 4.80 Å². The summed E-state index contributed by atoms with van der Waals surface area (Å²) in [6.45, 7) is 2.29. The van der Waals surface area contributed by atoms with Crippen LogP contribution < -0.4 is 15.0 Å². The Labute approximate surface area is 231 Å². The SMILES string of the molecule is CCOc1ccc(C(C(=O)NC2CCCCC2)N(C(=O)Cn2nnc(-c3cccs3)n2)c2ccccc2)cc1. The second-order valence-corrected chi connectivity index (χ2v) is 10.4. The molecule has 0 bridgehead atoms. The summed E-state index contributed by atoms with van der Waals surface area (Å²) >= 11 is 1.50. The van der Waals surface area contributed by atoms with Crippen molar-refractivity contribution in [3.05, 3.63) is 77.7 Å². The molecule has 1 atom stereocenters. The minimum atomic E-state index is -0.891. The van der Waals surface area contributed by atoms with Gasteiger partial charge in [-0.15, -0.1) is 21.5 Å². The van der Waals surface area contributed by atoms with Crippen LogP contribution >= 0.6 is 11.3 Å². The first-order valence-corrected chi connectivity index (χ1v) is 14.2. The van der Waals surface area contributed by atoms with E-state index >= 15 is 0 Å². The molecule has 0 radical (unpaired) electrons. The quantitative estimate of drug-likeness (QED) is 0.301. The van der Waals surface area contributed by atoms with Crippen LogP contribution in [0.3, 0.4) is 0 Å². The Hall–Kier alpha value is -4.05. The highest BCUT2D eigenvalue weighted by Crippen LogP contribution is 2.30. The van der Waals surface area contributed by atoms with Gasteiger partial charge in [-0.25, -0.2) is 0 Å². The van der Waals surface area contributed by atoms with E-state index in [1.54, 1.807) is 4.90 Å². The highest BCUT2D eigenvalue weighted by Gasteiger charge is 2.34. The van der Waals surface area contributed by atoms with E-state index in [1.807, 2.05) is 79.0 Å². The number of thiophene rings is 1. The lowest BCUT2D eigenvalue weighted by Gasteiger charge is -2.33. The Balaban J connectivity index is 1.49. The maximum Gasteiger partial charge on any atom is 0.251 e. The molecule has 0 saturated heterocycles. The molecule has 202 valence electrons. The zero-order chi connectivity index (χ0) is 27.0. The van der Waals surface area contributed by atoms with Crippen LogP contribution in [0, 0.1) is 0 Å². The van der Waals surface area contributed by atoms with E-state index in [9.17, 15) is 9.59 Å². The first-order chi connectivity index (χ1) is 19.1. The molecule has 2 aromatic heterocycles. The van der Waals surface area contributed by atoms with Crippen molar-refractivity contribution in [1.29, 1.82) is 0 Å². The van der Waals surface area contributed by atoms with E-state index in [2.05, 4.69) is 20.7 Å². The molecule has 2 amide bonds. The van der Waals surface area contributed by atoms with E-state index in [0.29, 0.717) is 29.4 Å². The number of tetrazole rings is 1. The lowest BCUT2D eigenvalue weighted by atomic mass is 9.94. The normalized spacial score (nSPS) is 14.5. The first-order valence-electron chi connectivity index (χ1n) is 13.3. The summed E-state index contributed by atoms with van der Waals surface area (Å²) < 4.78 is 5.62. The molecule has 1 saturated carbocycles. The monoisotopic (exact) mass is 544 g/mol. The Kier molecular flexibility index (Phi) is 8.62. The number of carbonyl (C=O) groups excluding carboxylic acids is 2. The number of aromatic nitrogens is 4. The van der Waals surface area contributed by atoms with Crippen molar-refractivity contribution in [3.63, 3.8) is 0 Å². The molecule has 4 aromatic rings. The molecule has 1 N–H and O–H groups in total. The topological polar surface area (TPSA) is 102 Å². The van der Waals surface area contributed by atoms with Crippen molar-refractivity contribution < 1.29 is 14.3 Å². The number of benzene rings is 2. The predicted octanol–water partition coefficient (Wildman–Crippen LogP) is 5.02. The summed E-state index contributed by atoms with van der Waals surface area (Å²) in [7, 11) is 0. The molecule has 1 fully saturated rings. The van der Waals surface area contributed by atoms with Gasteiger partial charge in [-0.05, 0) is 66.3 Å². The highest BCUT2D eigenvalue weighted by molar-refractivity contribution is 7.13. The summed E-state index contributed by atoms with van der Waals surface area (Å²) in [5.74, 6) is 0.628. The molecular formula is C29H32N6O3S. The number of amides is 2. The van der Waals surface area contributed by atoms with Crippen molar-refractivity contribution in [3.8, 4) is 16.5 Å². The second-order valence-electron chi connectivity index (χ2n) is 9.47. The number of ether oxygens (including phenoxy) is 1. The summed E-state index contributed by atoms with van der Waals surface area (Å²) in [4.78, 5) is 31.6. The number of rotatable bonds is 10. The second kappa shape index (κ2) is 12.7. The zero-order valence-corrected chi connectivity index (χ0v) is 22.7. The molecule has 1 aliphatic rings. The lowest BCUT2D eigenvalue weighted by molar-refractivity contribution is -0.127. The largest absolute Gasteiger partial charge is 0.494 e. The summed E-state index contributed by atoms with van der Waals surface area (Å²) in [5, 5.41) is 17.8. The maximum atomic E-state index is 14.0. The predicted molar refractivity (Wildman–Crippen MR) is 150 cm³/mol. The molecule has 1 aliphatic carbocycles. The highest BCUT2D eigenvalue weighted by atomic mass is 32.1. The Morgan fingerprint density at radius 3 is 2.51 bits per heavy atom. The Morgan fingerprint density at radius 2 is 1.82 bits per heavy atom. The standard InChI is InChI=1S/C29H32N6O3S/c1-2-38-24-17-15-21(16-18-24)27(29(37)30-22-10-5-3-6-11-22)35(23-12-7-4-8-13-23)26(36)20-34-32-28(31-33-34)25-14-9-19-39-25/h4,7-9,12-19,22,27H,2-3,5-6,10-11,20H2,1H3,(H,30,37). The fraction of sp³-hybridized carbons (Fsp3) is 0.345. The fourth-order valence-corrected chi connectivity index (χ4v) is 5.54. The van der Waals surface area contributed by atoms with E-state index in [4.69, 9.17) is 4.74 Å². The number of nitrogens with zero attached hydrogens (tertiary/aromatic N) is 5. The minimum Gasteiger partial charge on any atom is -0.494 e. The zero-order valence-electron chi connectivity index (χ0n) is 21.9. The third kappa shape index (κ3) is 6.51. The molecule has 39 heavy (non-hydrogen) atoms. The number of nitrogens with one attached hydrogen (secondary N) is 1. The van der Waals surface area contributed by atoms with Crippen LogP contribution in [-0.2, 0) is 16.1 Å². The smallest absolute Gasteiger partial charge is 0.251 e. The number of hydrogen-bond acceptors (Lipinski definition) is 7. The van der Waals surface area contributed by atoms with Crippen LogP contribution in [-0.4, -0.2) is 44.7 Å². The average Bonchev–Trinajstić information content (AvgIpc) is 3.66. The van der Waals surface area contributed by atoms with E-state index < -0.39 is 6.04 Å². The van der Waals surface area contributed by atoms with Gasteiger partial charge in [0.15, 0.2) is 0 Å². The van der Waals surface area contributed by atoms with Gasteiger partial charge in [0, 0.05) is 11.7 Å². The fourth-order valence-electron chi connectivity index (χ4n) is 4.90. The van der Waals surface area contributed by atoms with Crippen LogP contribution in [0.2, 0.25) is 0 Å². The third-order valence-electron chi connectivity index (χ3n) is 6.74. The first kappa shape index (κ1) is 26.6.